The van der Waals surface area contributed by atoms with Crippen LogP contribution in [0.5, 0.6) is 0 Å². The number of nitriles is 1. The van der Waals surface area contributed by atoms with Gasteiger partial charge < -0.3 is 0 Å². The SMILES string of the molecule is CCc1sc(/C(C#N)=C/c2cccc([N+](=O)[O-])c2)nc1-c1ccc(Cl)cc1. The molecule has 0 unspecified atom stereocenters. The van der Waals surface area contributed by atoms with Crippen LogP contribution >= 0.6 is 22.9 Å². The topological polar surface area (TPSA) is 79.8 Å². The number of nitro groups is 1. The number of non-ortho nitro benzene ring substituents is 1. The van der Waals surface area contributed by atoms with Crippen LogP contribution in [0.2, 0.25) is 5.02 Å². The Morgan fingerprint density at radius 1 is 1.33 bits per heavy atom. The number of thiazole rings is 1. The summed E-state index contributed by atoms with van der Waals surface area (Å²) in [6.07, 6.45) is 2.40. The molecule has 0 saturated heterocycles. The van der Waals surface area contributed by atoms with Crippen LogP contribution in [-0.4, -0.2) is 9.91 Å². The summed E-state index contributed by atoms with van der Waals surface area (Å²) in [5.41, 5.74) is 2.70. The van der Waals surface area contributed by atoms with Crippen LogP contribution in [0.3, 0.4) is 0 Å². The normalized spacial score (nSPS) is 11.2. The molecule has 1 heterocycles. The van der Waals surface area contributed by atoms with E-state index in [1.165, 1.54) is 23.5 Å². The van der Waals surface area contributed by atoms with Crippen molar-refractivity contribution < 1.29 is 4.92 Å². The van der Waals surface area contributed by atoms with E-state index in [-0.39, 0.29) is 5.69 Å². The monoisotopic (exact) mass is 395 g/mol. The zero-order chi connectivity index (χ0) is 19.4. The molecule has 0 amide bonds. The molecule has 0 saturated carbocycles. The van der Waals surface area contributed by atoms with E-state index in [1.54, 1.807) is 30.3 Å². The Labute approximate surface area is 165 Å². The van der Waals surface area contributed by atoms with Crippen LogP contribution in [0.15, 0.2) is 48.5 Å². The van der Waals surface area contributed by atoms with Crippen molar-refractivity contribution >= 4 is 40.3 Å². The van der Waals surface area contributed by atoms with E-state index in [1.807, 2.05) is 19.1 Å². The van der Waals surface area contributed by atoms with Crippen LogP contribution < -0.4 is 0 Å². The van der Waals surface area contributed by atoms with Gasteiger partial charge in [0.2, 0.25) is 0 Å². The first kappa shape index (κ1) is 18.8. The molecule has 0 fully saturated rings. The molecule has 0 aliphatic carbocycles. The van der Waals surface area contributed by atoms with Crippen LogP contribution in [0.25, 0.3) is 22.9 Å². The summed E-state index contributed by atoms with van der Waals surface area (Å²) in [6.45, 7) is 2.03. The van der Waals surface area contributed by atoms with Crippen molar-refractivity contribution in [3.05, 3.63) is 79.1 Å². The van der Waals surface area contributed by atoms with E-state index in [4.69, 9.17) is 11.6 Å². The predicted octanol–water partition coefficient (Wildman–Crippen LogP) is 6.00. The Morgan fingerprint density at radius 3 is 2.70 bits per heavy atom. The summed E-state index contributed by atoms with van der Waals surface area (Å²) in [6, 6.07) is 15.7. The third kappa shape index (κ3) is 4.22. The van der Waals surface area contributed by atoms with Crippen molar-refractivity contribution in [2.45, 2.75) is 13.3 Å². The van der Waals surface area contributed by atoms with E-state index >= 15 is 0 Å². The Kier molecular flexibility index (Phi) is 5.65. The fraction of sp³-hybridized carbons (Fsp3) is 0.100. The van der Waals surface area contributed by atoms with Gasteiger partial charge in [-0.3, -0.25) is 10.1 Å². The molecule has 134 valence electrons. The second kappa shape index (κ2) is 8.12. The molecule has 0 spiro atoms. The van der Waals surface area contributed by atoms with Gasteiger partial charge in [-0.2, -0.15) is 5.26 Å². The maximum Gasteiger partial charge on any atom is 0.270 e. The Morgan fingerprint density at radius 2 is 2.07 bits per heavy atom. The van der Waals surface area contributed by atoms with Gasteiger partial charge in [0.15, 0.2) is 0 Å². The lowest BCUT2D eigenvalue weighted by atomic mass is 10.1. The highest BCUT2D eigenvalue weighted by Crippen LogP contribution is 2.33. The number of nitro benzene ring substituents is 1. The van der Waals surface area contributed by atoms with Gasteiger partial charge in [-0.1, -0.05) is 42.8 Å². The lowest BCUT2D eigenvalue weighted by molar-refractivity contribution is -0.384. The summed E-state index contributed by atoms with van der Waals surface area (Å²) < 4.78 is 0. The number of allylic oxidation sites excluding steroid dienone is 1. The number of hydrogen-bond acceptors (Lipinski definition) is 5. The Bertz CT molecular complexity index is 1070. The summed E-state index contributed by atoms with van der Waals surface area (Å²) >= 11 is 7.41. The molecule has 0 atom stereocenters. The predicted molar refractivity (Wildman–Crippen MR) is 109 cm³/mol. The van der Waals surface area contributed by atoms with Gasteiger partial charge in [0.1, 0.15) is 11.1 Å². The molecule has 0 bridgehead atoms. The van der Waals surface area contributed by atoms with Crippen molar-refractivity contribution in [2.75, 3.05) is 0 Å². The van der Waals surface area contributed by atoms with E-state index in [0.717, 1.165) is 22.6 Å². The summed E-state index contributed by atoms with van der Waals surface area (Å²) in [5, 5.41) is 21.8. The van der Waals surface area contributed by atoms with E-state index in [9.17, 15) is 15.4 Å². The highest BCUT2D eigenvalue weighted by Gasteiger charge is 2.15. The van der Waals surface area contributed by atoms with Crippen molar-refractivity contribution in [1.82, 2.24) is 4.98 Å². The van der Waals surface area contributed by atoms with Crippen molar-refractivity contribution in [3.63, 3.8) is 0 Å². The minimum Gasteiger partial charge on any atom is -0.258 e. The van der Waals surface area contributed by atoms with E-state index in [2.05, 4.69) is 11.1 Å². The van der Waals surface area contributed by atoms with Crippen LogP contribution in [0, 0.1) is 21.4 Å². The molecule has 0 aliphatic heterocycles. The number of hydrogen-bond donors (Lipinski definition) is 0. The average Bonchev–Trinajstić information content (AvgIpc) is 3.11. The number of nitrogens with zero attached hydrogens (tertiary/aromatic N) is 3. The summed E-state index contributed by atoms with van der Waals surface area (Å²) in [4.78, 5) is 16.2. The number of aromatic nitrogens is 1. The zero-order valence-electron chi connectivity index (χ0n) is 14.3. The third-order valence-corrected chi connectivity index (χ3v) is 5.36. The molecular weight excluding hydrogens is 382 g/mol. The fourth-order valence-corrected chi connectivity index (χ4v) is 3.69. The second-order valence-electron chi connectivity index (χ2n) is 5.67. The number of rotatable bonds is 5. The van der Waals surface area contributed by atoms with E-state index in [0.29, 0.717) is 21.2 Å². The molecular formula is C20H14ClN3O2S. The molecule has 2 aromatic carbocycles. The lowest BCUT2D eigenvalue weighted by Gasteiger charge is -2.00. The van der Waals surface area contributed by atoms with Crippen LogP contribution in [0.4, 0.5) is 5.69 Å². The molecule has 1 aromatic heterocycles. The van der Waals surface area contributed by atoms with Gasteiger partial charge in [-0.25, -0.2) is 4.98 Å². The van der Waals surface area contributed by atoms with Gasteiger partial charge in [-0.05, 0) is 30.2 Å². The highest BCUT2D eigenvalue weighted by molar-refractivity contribution is 7.13. The quantitative estimate of drug-likeness (QED) is 0.301. The summed E-state index contributed by atoms with van der Waals surface area (Å²) in [7, 11) is 0. The van der Waals surface area contributed by atoms with Crippen molar-refractivity contribution in [2.24, 2.45) is 0 Å². The third-order valence-electron chi connectivity index (χ3n) is 3.88. The zero-order valence-corrected chi connectivity index (χ0v) is 15.9. The lowest BCUT2D eigenvalue weighted by Crippen LogP contribution is -1.88. The number of halogens is 1. The first-order chi connectivity index (χ1) is 13.0. The Balaban J connectivity index is 2.04. The number of benzene rings is 2. The van der Waals surface area contributed by atoms with Crippen molar-refractivity contribution in [3.8, 4) is 17.3 Å². The van der Waals surface area contributed by atoms with Gasteiger partial charge >= 0.3 is 0 Å². The van der Waals surface area contributed by atoms with Gasteiger partial charge in [-0.15, -0.1) is 11.3 Å². The van der Waals surface area contributed by atoms with Gasteiger partial charge in [0, 0.05) is 27.6 Å². The maximum absolute atomic E-state index is 10.9. The molecule has 0 radical (unpaired) electrons. The molecule has 5 nitrogen and oxygen atoms in total. The molecule has 0 aliphatic rings. The molecule has 0 N–H and O–H groups in total. The van der Waals surface area contributed by atoms with Gasteiger partial charge in [0.05, 0.1) is 16.2 Å². The van der Waals surface area contributed by atoms with Crippen LogP contribution in [-0.2, 0) is 6.42 Å². The largest absolute Gasteiger partial charge is 0.270 e. The molecule has 3 aromatic rings. The standard InChI is InChI=1S/C20H14ClN3O2S/c1-2-18-19(14-6-8-16(21)9-7-14)23-20(27-18)15(12-22)10-13-4-3-5-17(11-13)24(25)26/h3-11H,2H2,1H3/b15-10+. The smallest absolute Gasteiger partial charge is 0.258 e. The van der Waals surface area contributed by atoms with Crippen LogP contribution in [0.1, 0.15) is 22.4 Å². The van der Waals surface area contributed by atoms with Gasteiger partial charge in [0.25, 0.3) is 5.69 Å². The highest BCUT2D eigenvalue weighted by atomic mass is 35.5. The fourth-order valence-electron chi connectivity index (χ4n) is 2.58. The first-order valence-electron chi connectivity index (χ1n) is 8.14. The molecule has 3 rings (SSSR count). The van der Waals surface area contributed by atoms with Crippen molar-refractivity contribution in [1.29, 1.82) is 5.26 Å². The molecule has 7 heteroatoms. The van der Waals surface area contributed by atoms with E-state index < -0.39 is 4.92 Å². The Hall–Kier alpha value is -3.01. The minimum absolute atomic E-state index is 0.0173. The maximum atomic E-state index is 10.9. The average molecular weight is 396 g/mol. The minimum atomic E-state index is -0.458. The number of aryl methyl sites for hydroxylation is 1. The molecule has 27 heavy (non-hydrogen) atoms. The second-order valence-corrected chi connectivity index (χ2v) is 7.19. The first-order valence-corrected chi connectivity index (χ1v) is 9.33. The summed E-state index contributed by atoms with van der Waals surface area (Å²) in [5.74, 6) is 0.